The number of hydrogen-bond donors (Lipinski definition) is 2. The van der Waals surface area contributed by atoms with Crippen LogP contribution in [0.25, 0.3) is 11.3 Å². The molecular weight excluding hydrogens is 257 g/mol. The number of halogens is 1. The zero-order valence-electron chi connectivity index (χ0n) is 11.8. The Kier molecular flexibility index (Phi) is 4.74. The third-order valence-electron chi connectivity index (χ3n) is 3.37. The van der Waals surface area contributed by atoms with Crippen LogP contribution in [0.4, 0.5) is 4.39 Å². The van der Waals surface area contributed by atoms with Gasteiger partial charge < -0.3 is 15.5 Å². The van der Waals surface area contributed by atoms with Gasteiger partial charge in [0.15, 0.2) is 11.6 Å². The molecule has 0 aliphatic rings. The quantitative estimate of drug-likeness (QED) is 0.853. The van der Waals surface area contributed by atoms with Gasteiger partial charge in [0.05, 0.1) is 19.0 Å². The summed E-state index contributed by atoms with van der Waals surface area (Å²) >= 11 is 0. The highest BCUT2D eigenvalue weighted by atomic mass is 19.1. The molecule has 20 heavy (non-hydrogen) atoms. The van der Waals surface area contributed by atoms with Gasteiger partial charge in [0.25, 0.3) is 0 Å². The number of nitrogens with one attached hydrogen (secondary N) is 1. The Morgan fingerprint density at radius 3 is 2.85 bits per heavy atom. The molecule has 0 saturated heterocycles. The molecule has 0 amide bonds. The molecule has 0 bridgehead atoms. The second-order valence-corrected chi connectivity index (χ2v) is 4.75. The first-order valence-electron chi connectivity index (χ1n) is 6.78. The van der Waals surface area contributed by atoms with Crippen molar-refractivity contribution in [3.63, 3.8) is 0 Å². The molecule has 5 heteroatoms. The van der Waals surface area contributed by atoms with E-state index >= 15 is 0 Å². The fourth-order valence-corrected chi connectivity index (χ4v) is 2.24. The molecule has 1 atom stereocenters. The normalized spacial score (nSPS) is 12.4. The molecule has 2 aromatic rings. The van der Waals surface area contributed by atoms with Crippen molar-refractivity contribution in [3.8, 4) is 17.0 Å². The number of ether oxygens (including phenoxy) is 1. The average molecular weight is 277 g/mol. The summed E-state index contributed by atoms with van der Waals surface area (Å²) in [6.07, 6.45) is 3.75. The molecule has 2 rings (SSSR count). The summed E-state index contributed by atoms with van der Waals surface area (Å²) < 4.78 is 18.6. The first-order chi connectivity index (χ1) is 9.69. The molecule has 0 spiro atoms. The predicted octanol–water partition coefficient (Wildman–Crippen LogP) is 3.07. The van der Waals surface area contributed by atoms with Crippen LogP contribution < -0.4 is 10.5 Å². The van der Waals surface area contributed by atoms with Gasteiger partial charge in [-0.05, 0) is 24.6 Å². The van der Waals surface area contributed by atoms with E-state index in [4.69, 9.17) is 10.5 Å². The van der Waals surface area contributed by atoms with Crippen LogP contribution in [0.15, 0.2) is 24.4 Å². The second-order valence-electron chi connectivity index (χ2n) is 4.75. The SMILES string of the molecule is CCCC(CN)c1ncc(-c2ccc(OC)c(F)c2)[nH]1. The minimum atomic E-state index is -0.384. The highest BCUT2D eigenvalue weighted by molar-refractivity contribution is 5.60. The van der Waals surface area contributed by atoms with Gasteiger partial charge in [-0.2, -0.15) is 0 Å². The van der Waals surface area contributed by atoms with E-state index in [-0.39, 0.29) is 17.5 Å². The zero-order chi connectivity index (χ0) is 14.5. The summed E-state index contributed by atoms with van der Waals surface area (Å²) in [7, 11) is 1.45. The Hall–Kier alpha value is -1.88. The van der Waals surface area contributed by atoms with E-state index in [2.05, 4.69) is 16.9 Å². The molecular formula is C15H20FN3O. The van der Waals surface area contributed by atoms with Gasteiger partial charge in [-0.3, -0.25) is 0 Å². The predicted molar refractivity (Wildman–Crippen MR) is 77.2 cm³/mol. The van der Waals surface area contributed by atoms with Crippen LogP contribution in [0.5, 0.6) is 5.75 Å². The number of imidazole rings is 1. The number of aromatic nitrogens is 2. The number of methoxy groups -OCH3 is 1. The Morgan fingerprint density at radius 1 is 1.45 bits per heavy atom. The lowest BCUT2D eigenvalue weighted by atomic mass is 10.0. The smallest absolute Gasteiger partial charge is 0.165 e. The largest absolute Gasteiger partial charge is 0.494 e. The summed E-state index contributed by atoms with van der Waals surface area (Å²) in [5.41, 5.74) is 7.30. The van der Waals surface area contributed by atoms with Crippen molar-refractivity contribution in [3.05, 3.63) is 36.0 Å². The van der Waals surface area contributed by atoms with Gasteiger partial charge in [-0.15, -0.1) is 0 Å². The maximum Gasteiger partial charge on any atom is 0.165 e. The zero-order valence-corrected chi connectivity index (χ0v) is 11.8. The maximum absolute atomic E-state index is 13.7. The van der Waals surface area contributed by atoms with Crippen molar-refractivity contribution in [2.24, 2.45) is 5.73 Å². The summed E-state index contributed by atoms with van der Waals surface area (Å²) in [6, 6.07) is 4.85. The number of nitrogens with zero attached hydrogens (tertiary/aromatic N) is 1. The van der Waals surface area contributed by atoms with E-state index in [1.165, 1.54) is 13.2 Å². The van der Waals surface area contributed by atoms with Crippen molar-refractivity contribution in [2.75, 3.05) is 13.7 Å². The third kappa shape index (κ3) is 2.99. The van der Waals surface area contributed by atoms with Crippen molar-refractivity contribution in [2.45, 2.75) is 25.7 Å². The molecule has 1 unspecified atom stereocenters. The summed E-state index contributed by atoms with van der Waals surface area (Å²) in [6.45, 7) is 2.67. The van der Waals surface area contributed by atoms with Crippen molar-refractivity contribution < 1.29 is 9.13 Å². The van der Waals surface area contributed by atoms with E-state index in [0.29, 0.717) is 6.54 Å². The summed E-state index contributed by atoms with van der Waals surface area (Å²) in [5.74, 6) is 0.932. The van der Waals surface area contributed by atoms with Crippen LogP contribution in [0, 0.1) is 5.82 Å². The molecule has 0 radical (unpaired) electrons. The van der Waals surface area contributed by atoms with E-state index in [9.17, 15) is 4.39 Å². The molecule has 108 valence electrons. The number of hydrogen-bond acceptors (Lipinski definition) is 3. The van der Waals surface area contributed by atoms with Crippen LogP contribution in [-0.2, 0) is 0 Å². The highest BCUT2D eigenvalue weighted by Crippen LogP contribution is 2.26. The first-order valence-corrected chi connectivity index (χ1v) is 6.78. The molecule has 1 aromatic heterocycles. The number of nitrogens with two attached hydrogens (primary N) is 1. The molecule has 0 fully saturated rings. The highest BCUT2D eigenvalue weighted by Gasteiger charge is 2.14. The average Bonchev–Trinajstić information content (AvgIpc) is 2.94. The number of H-pyrrole nitrogens is 1. The van der Waals surface area contributed by atoms with Gasteiger partial charge in [0, 0.05) is 18.0 Å². The second kappa shape index (κ2) is 6.52. The van der Waals surface area contributed by atoms with E-state index in [1.807, 2.05) is 0 Å². The lowest BCUT2D eigenvalue weighted by Gasteiger charge is -2.10. The molecule has 0 aliphatic carbocycles. The van der Waals surface area contributed by atoms with Gasteiger partial charge in [-0.25, -0.2) is 9.37 Å². The molecule has 0 aliphatic heterocycles. The summed E-state index contributed by atoms with van der Waals surface area (Å²) in [4.78, 5) is 7.60. The van der Waals surface area contributed by atoms with Gasteiger partial charge >= 0.3 is 0 Å². The van der Waals surface area contributed by atoms with Gasteiger partial charge in [-0.1, -0.05) is 13.3 Å². The van der Waals surface area contributed by atoms with Gasteiger partial charge in [0.1, 0.15) is 5.82 Å². The van der Waals surface area contributed by atoms with E-state index in [0.717, 1.165) is 29.9 Å². The molecule has 1 aromatic carbocycles. The van der Waals surface area contributed by atoms with Crippen molar-refractivity contribution >= 4 is 0 Å². The number of benzene rings is 1. The fraction of sp³-hybridized carbons (Fsp3) is 0.400. The van der Waals surface area contributed by atoms with E-state index in [1.54, 1.807) is 18.3 Å². The monoisotopic (exact) mass is 277 g/mol. The number of rotatable bonds is 6. The molecule has 3 N–H and O–H groups in total. The number of aromatic amines is 1. The fourth-order valence-electron chi connectivity index (χ4n) is 2.24. The topological polar surface area (TPSA) is 63.9 Å². The Bertz CT molecular complexity index is 568. The molecule has 0 saturated carbocycles. The maximum atomic E-state index is 13.7. The van der Waals surface area contributed by atoms with Crippen LogP contribution in [-0.4, -0.2) is 23.6 Å². The standard InChI is InChI=1S/C15H20FN3O/c1-3-4-11(8-17)15-18-9-13(19-15)10-5-6-14(20-2)12(16)7-10/h5-7,9,11H,3-4,8,17H2,1-2H3,(H,18,19). The van der Waals surface area contributed by atoms with Crippen LogP contribution in [0.3, 0.4) is 0 Å². The Morgan fingerprint density at radius 2 is 2.25 bits per heavy atom. The first kappa shape index (κ1) is 14.5. The van der Waals surface area contributed by atoms with Crippen LogP contribution >= 0.6 is 0 Å². The lowest BCUT2D eigenvalue weighted by Crippen LogP contribution is -2.13. The molecule has 4 nitrogen and oxygen atoms in total. The lowest BCUT2D eigenvalue weighted by molar-refractivity contribution is 0.386. The molecule has 1 heterocycles. The van der Waals surface area contributed by atoms with Crippen molar-refractivity contribution in [1.29, 1.82) is 0 Å². The minimum absolute atomic E-state index is 0.219. The third-order valence-corrected chi connectivity index (χ3v) is 3.37. The summed E-state index contributed by atoms with van der Waals surface area (Å²) in [5, 5.41) is 0. The Balaban J connectivity index is 2.26. The Labute approximate surface area is 118 Å². The van der Waals surface area contributed by atoms with Gasteiger partial charge in [0.2, 0.25) is 0 Å². The van der Waals surface area contributed by atoms with Crippen LogP contribution in [0.1, 0.15) is 31.5 Å². The minimum Gasteiger partial charge on any atom is -0.494 e. The van der Waals surface area contributed by atoms with E-state index < -0.39 is 0 Å². The van der Waals surface area contributed by atoms with Crippen molar-refractivity contribution in [1.82, 2.24) is 9.97 Å². The van der Waals surface area contributed by atoms with Crippen LogP contribution in [0.2, 0.25) is 0 Å².